The first-order valence-electron chi connectivity index (χ1n) is 8.79. The van der Waals surface area contributed by atoms with Crippen LogP contribution in [-0.2, 0) is 25.7 Å². The lowest BCUT2D eigenvalue weighted by Crippen LogP contribution is -2.19. The van der Waals surface area contributed by atoms with E-state index in [2.05, 4.69) is 27.2 Å². The average molecular weight is 407 g/mol. The molecule has 1 N–H and O–H groups in total. The number of amides is 1. The zero-order chi connectivity index (χ0) is 20.4. The summed E-state index contributed by atoms with van der Waals surface area (Å²) in [6.45, 7) is 3.00. The van der Waals surface area contributed by atoms with E-state index in [1.165, 1.54) is 25.5 Å². The van der Waals surface area contributed by atoms with Gasteiger partial charge in [-0.25, -0.2) is 9.18 Å². The quantitative estimate of drug-likeness (QED) is 0.223. The largest absolute Gasteiger partial charge is 0.466 e. The number of esters is 1. The lowest BCUT2D eigenvalue weighted by molar-refractivity contribution is -0.135. The third-order valence-corrected chi connectivity index (χ3v) is 4.60. The third-order valence-electron chi connectivity index (χ3n) is 3.70. The van der Waals surface area contributed by atoms with Crippen LogP contribution in [-0.4, -0.2) is 37.0 Å². The minimum atomic E-state index is -0.628. The Kier molecular flexibility index (Phi) is 8.83. The van der Waals surface area contributed by atoms with Gasteiger partial charge in [0.05, 0.1) is 24.8 Å². The van der Waals surface area contributed by atoms with Crippen molar-refractivity contribution in [2.24, 2.45) is 10.2 Å². The number of nitrogens with zero attached hydrogens (tertiary/aromatic N) is 2. The topological polar surface area (TPSA) is 89.4 Å². The van der Waals surface area contributed by atoms with Crippen molar-refractivity contribution < 1.29 is 23.5 Å². The van der Waals surface area contributed by atoms with Gasteiger partial charge in [0.15, 0.2) is 5.17 Å². The van der Waals surface area contributed by atoms with Crippen LogP contribution in [0, 0.1) is 5.82 Å². The van der Waals surface area contributed by atoms with Crippen molar-refractivity contribution in [2.75, 3.05) is 13.7 Å². The Hall–Kier alpha value is -2.52. The molecule has 1 saturated heterocycles. The zero-order valence-electron chi connectivity index (χ0n) is 15.7. The minimum Gasteiger partial charge on any atom is -0.466 e. The second kappa shape index (κ2) is 11.4. The number of halogens is 1. The van der Waals surface area contributed by atoms with E-state index in [-0.39, 0.29) is 22.5 Å². The molecule has 2 rings (SSSR count). The highest BCUT2D eigenvalue weighted by atomic mass is 32.2. The van der Waals surface area contributed by atoms with Crippen LogP contribution in [0.15, 0.2) is 39.4 Å². The number of unbranched alkanes of at least 4 members (excludes halogenated alkanes) is 2. The van der Waals surface area contributed by atoms with Crippen LogP contribution in [0.5, 0.6) is 0 Å². The maximum absolute atomic E-state index is 13.5. The molecule has 28 heavy (non-hydrogen) atoms. The second-order valence-corrected chi connectivity index (χ2v) is 6.87. The van der Waals surface area contributed by atoms with Gasteiger partial charge in [-0.3, -0.25) is 10.1 Å². The maximum Gasteiger partial charge on any atom is 0.331 e. The number of amidine groups is 1. The summed E-state index contributed by atoms with van der Waals surface area (Å²) in [5.74, 6) is -1.43. The summed E-state index contributed by atoms with van der Waals surface area (Å²) in [5, 5.41) is 10.6. The highest BCUT2D eigenvalue weighted by molar-refractivity contribution is 8.18. The maximum atomic E-state index is 13.5. The van der Waals surface area contributed by atoms with Gasteiger partial charge >= 0.3 is 5.97 Å². The van der Waals surface area contributed by atoms with E-state index in [9.17, 15) is 14.0 Å². The van der Waals surface area contributed by atoms with Crippen LogP contribution in [0.1, 0.15) is 37.3 Å². The smallest absolute Gasteiger partial charge is 0.331 e. The summed E-state index contributed by atoms with van der Waals surface area (Å²) in [5.41, 5.74) is 1.33. The number of ether oxygens (including phenoxy) is 2. The van der Waals surface area contributed by atoms with E-state index in [0.717, 1.165) is 37.1 Å². The number of rotatable bonds is 9. The summed E-state index contributed by atoms with van der Waals surface area (Å²) in [7, 11) is 1.23. The van der Waals surface area contributed by atoms with Gasteiger partial charge in [-0.15, -0.1) is 5.10 Å². The summed E-state index contributed by atoms with van der Waals surface area (Å²) in [6.07, 6.45) is 5.70. The zero-order valence-corrected chi connectivity index (χ0v) is 16.6. The van der Waals surface area contributed by atoms with Crippen molar-refractivity contribution in [3.05, 3.63) is 46.1 Å². The fraction of sp³-hybridized carbons (Fsp3) is 0.368. The Labute approximate surface area is 167 Å². The molecule has 1 heterocycles. The number of benzene rings is 1. The number of nitrogens with one attached hydrogen (secondary N) is 1. The lowest BCUT2D eigenvalue weighted by atomic mass is 10.1. The fourth-order valence-electron chi connectivity index (χ4n) is 2.25. The van der Waals surface area contributed by atoms with Gasteiger partial charge in [-0.1, -0.05) is 25.8 Å². The molecule has 0 aromatic heterocycles. The van der Waals surface area contributed by atoms with Crippen molar-refractivity contribution in [1.29, 1.82) is 0 Å². The molecule has 0 bridgehead atoms. The number of methoxy groups -OCH3 is 1. The molecule has 0 atom stereocenters. The predicted molar refractivity (Wildman–Crippen MR) is 106 cm³/mol. The van der Waals surface area contributed by atoms with Gasteiger partial charge in [0.1, 0.15) is 5.82 Å². The first-order valence-corrected chi connectivity index (χ1v) is 9.61. The van der Waals surface area contributed by atoms with Gasteiger partial charge in [0.25, 0.3) is 5.91 Å². The standard InChI is InChI=1S/C19H22FN3O4S/c1-3-4-5-8-27-12-14-9-15(20)7-6-13(14)11-21-23-19-22-18(25)16(28-19)10-17(24)26-2/h6-7,9-11H,3-5,8,12H2,1-2H3,(H,22,23,25)/b16-10+,21-11?. The molecular formula is C19H22FN3O4S. The van der Waals surface area contributed by atoms with Crippen molar-refractivity contribution in [1.82, 2.24) is 5.32 Å². The molecule has 0 radical (unpaired) electrons. The van der Waals surface area contributed by atoms with Crippen molar-refractivity contribution in [3.63, 3.8) is 0 Å². The van der Waals surface area contributed by atoms with Crippen molar-refractivity contribution in [3.8, 4) is 0 Å². The van der Waals surface area contributed by atoms with Crippen LogP contribution in [0.25, 0.3) is 0 Å². The Balaban J connectivity index is 2.02. The number of thioether (sulfide) groups is 1. The molecule has 1 fully saturated rings. The Morgan fingerprint density at radius 1 is 1.36 bits per heavy atom. The Morgan fingerprint density at radius 2 is 2.18 bits per heavy atom. The molecule has 1 amide bonds. The number of carbonyl (C=O) groups excluding carboxylic acids is 2. The van der Waals surface area contributed by atoms with Gasteiger partial charge in [0, 0.05) is 18.2 Å². The van der Waals surface area contributed by atoms with Crippen LogP contribution in [0.3, 0.4) is 0 Å². The lowest BCUT2D eigenvalue weighted by Gasteiger charge is -2.07. The highest BCUT2D eigenvalue weighted by Gasteiger charge is 2.25. The molecule has 0 spiro atoms. The predicted octanol–water partition coefficient (Wildman–Crippen LogP) is 3.14. The van der Waals surface area contributed by atoms with Crippen molar-refractivity contribution in [2.45, 2.75) is 32.8 Å². The molecule has 1 aliphatic heterocycles. The van der Waals surface area contributed by atoms with Crippen LogP contribution in [0.2, 0.25) is 0 Å². The Bertz CT molecular complexity index is 808. The summed E-state index contributed by atoms with van der Waals surface area (Å²) < 4.78 is 23.6. The molecule has 0 unspecified atom stereocenters. The second-order valence-electron chi connectivity index (χ2n) is 5.84. The summed E-state index contributed by atoms with van der Waals surface area (Å²) in [6, 6.07) is 4.32. The summed E-state index contributed by atoms with van der Waals surface area (Å²) in [4.78, 5) is 23.1. The number of carbonyl (C=O) groups is 2. The summed E-state index contributed by atoms with van der Waals surface area (Å²) >= 11 is 0.977. The molecule has 1 aromatic rings. The number of hydrogen-bond acceptors (Lipinski definition) is 7. The van der Waals surface area contributed by atoms with Gasteiger partial charge in [-0.2, -0.15) is 5.10 Å². The van der Waals surface area contributed by atoms with Crippen molar-refractivity contribution >= 4 is 35.0 Å². The minimum absolute atomic E-state index is 0.170. The van der Waals surface area contributed by atoms with Crippen LogP contribution < -0.4 is 5.32 Å². The normalized spacial score (nSPS) is 16.9. The van der Waals surface area contributed by atoms with E-state index < -0.39 is 11.9 Å². The fourth-order valence-corrected chi connectivity index (χ4v) is 2.99. The number of hydrogen-bond donors (Lipinski definition) is 1. The van der Waals surface area contributed by atoms with Gasteiger partial charge in [0.2, 0.25) is 0 Å². The van der Waals surface area contributed by atoms with E-state index in [1.807, 2.05) is 0 Å². The molecule has 7 nitrogen and oxygen atoms in total. The molecule has 0 aliphatic carbocycles. The monoisotopic (exact) mass is 407 g/mol. The first kappa shape index (κ1) is 21.8. The highest BCUT2D eigenvalue weighted by Crippen LogP contribution is 2.23. The molecule has 1 aliphatic rings. The molecule has 0 saturated carbocycles. The SMILES string of the molecule is CCCCCOCc1cc(F)ccc1C=N/N=C1/NC(=O)/C(=C\C(=O)OC)S1. The molecule has 9 heteroatoms. The van der Waals surface area contributed by atoms with Gasteiger partial charge in [-0.05, 0) is 35.9 Å². The molecular weight excluding hydrogens is 385 g/mol. The van der Waals surface area contributed by atoms with E-state index in [4.69, 9.17) is 4.74 Å². The molecule has 150 valence electrons. The van der Waals surface area contributed by atoms with E-state index in [1.54, 1.807) is 6.07 Å². The average Bonchev–Trinajstić information content (AvgIpc) is 3.02. The van der Waals surface area contributed by atoms with E-state index >= 15 is 0 Å². The Morgan fingerprint density at radius 3 is 2.93 bits per heavy atom. The van der Waals surface area contributed by atoms with Gasteiger partial charge < -0.3 is 9.47 Å². The molecule has 1 aromatic carbocycles. The van der Waals surface area contributed by atoms with Crippen LogP contribution >= 0.6 is 11.8 Å². The van der Waals surface area contributed by atoms with Crippen LogP contribution in [0.4, 0.5) is 4.39 Å². The first-order chi connectivity index (χ1) is 13.5. The van der Waals surface area contributed by atoms with E-state index in [0.29, 0.717) is 17.7 Å². The third kappa shape index (κ3) is 6.90.